The topological polar surface area (TPSA) is 35.9 Å². The quantitative estimate of drug-likeness (QED) is 0.863. The number of β-amino-alcohol motifs (C(OH)–C–C–N with tert-alkyl or cyclic N) is 1. The highest BCUT2D eigenvalue weighted by Gasteiger charge is 2.16. The van der Waals surface area contributed by atoms with Crippen LogP contribution in [0.1, 0.15) is 0 Å². The molecule has 1 aliphatic rings. The molecule has 1 unspecified atom stereocenters. The third-order valence-electron chi connectivity index (χ3n) is 3.32. The van der Waals surface area contributed by atoms with Gasteiger partial charge in [-0.05, 0) is 24.3 Å². The van der Waals surface area contributed by atoms with E-state index in [1.54, 1.807) is 12.1 Å². The van der Waals surface area contributed by atoms with Crippen molar-refractivity contribution in [1.82, 2.24) is 4.90 Å². The van der Waals surface area contributed by atoms with Crippen LogP contribution in [0.3, 0.4) is 0 Å². The van der Waals surface area contributed by atoms with Gasteiger partial charge in [0.15, 0.2) is 0 Å². The lowest BCUT2D eigenvalue weighted by Gasteiger charge is -2.30. The van der Waals surface area contributed by atoms with Crippen LogP contribution >= 0.6 is 0 Å². The molecular formula is C14H21FN2O2. The van der Waals surface area contributed by atoms with Crippen molar-refractivity contribution in [1.29, 1.82) is 0 Å². The van der Waals surface area contributed by atoms with Crippen LogP contribution in [0.15, 0.2) is 24.3 Å². The van der Waals surface area contributed by atoms with Gasteiger partial charge in [-0.15, -0.1) is 0 Å². The van der Waals surface area contributed by atoms with Crippen LogP contribution in [0.2, 0.25) is 0 Å². The molecule has 1 fully saturated rings. The number of nitrogens with zero attached hydrogens (tertiary/aromatic N) is 2. The molecule has 0 aliphatic carbocycles. The van der Waals surface area contributed by atoms with Gasteiger partial charge in [0.2, 0.25) is 0 Å². The van der Waals surface area contributed by atoms with Crippen LogP contribution in [-0.4, -0.2) is 62.6 Å². The zero-order chi connectivity index (χ0) is 13.7. The fraction of sp³-hybridized carbons (Fsp3) is 0.571. The van der Waals surface area contributed by atoms with E-state index in [9.17, 15) is 9.50 Å². The predicted octanol–water partition coefficient (Wildman–Crippen LogP) is 0.955. The molecule has 0 spiro atoms. The van der Waals surface area contributed by atoms with Crippen molar-refractivity contribution in [2.24, 2.45) is 0 Å². The molecule has 4 nitrogen and oxygen atoms in total. The molecule has 106 valence electrons. The van der Waals surface area contributed by atoms with Crippen molar-refractivity contribution >= 4 is 5.69 Å². The number of benzene rings is 1. The Balaban J connectivity index is 1.80. The summed E-state index contributed by atoms with van der Waals surface area (Å²) in [5, 5.41) is 10.1. The molecule has 1 N–H and O–H groups in total. The zero-order valence-corrected chi connectivity index (χ0v) is 11.3. The molecule has 1 aromatic rings. The van der Waals surface area contributed by atoms with Gasteiger partial charge < -0.3 is 14.7 Å². The van der Waals surface area contributed by atoms with Crippen LogP contribution in [0.25, 0.3) is 0 Å². The molecule has 1 aromatic carbocycles. The molecule has 0 saturated carbocycles. The first-order valence-electron chi connectivity index (χ1n) is 6.60. The third-order valence-corrected chi connectivity index (χ3v) is 3.32. The summed E-state index contributed by atoms with van der Waals surface area (Å²) in [6.45, 7) is 4.40. The number of hydrogen-bond donors (Lipinski definition) is 1. The van der Waals surface area contributed by atoms with E-state index in [1.165, 1.54) is 12.1 Å². The molecule has 1 aliphatic heterocycles. The number of morpholine rings is 1. The predicted molar refractivity (Wildman–Crippen MR) is 72.9 cm³/mol. The van der Waals surface area contributed by atoms with E-state index in [0.717, 1.165) is 32.0 Å². The lowest BCUT2D eigenvalue weighted by atomic mass is 10.2. The number of aliphatic hydroxyl groups excluding tert-OH is 1. The lowest BCUT2D eigenvalue weighted by Crippen LogP contribution is -2.44. The standard InChI is InChI=1S/C14H21FN2O2/c1-16(13-4-2-12(15)3-5-13)10-14(18)11-17-6-8-19-9-7-17/h2-5,14,18H,6-11H2,1H3. The van der Waals surface area contributed by atoms with E-state index < -0.39 is 6.10 Å². The van der Waals surface area contributed by atoms with Gasteiger partial charge in [-0.1, -0.05) is 0 Å². The van der Waals surface area contributed by atoms with Crippen molar-refractivity contribution in [2.75, 3.05) is 51.3 Å². The first-order valence-corrected chi connectivity index (χ1v) is 6.60. The third kappa shape index (κ3) is 4.45. The first kappa shape index (κ1) is 14.2. The normalized spacial score (nSPS) is 18.3. The monoisotopic (exact) mass is 268 g/mol. The van der Waals surface area contributed by atoms with Gasteiger partial charge in [-0.2, -0.15) is 0 Å². The first-order chi connectivity index (χ1) is 9.15. The SMILES string of the molecule is CN(CC(O)CN1CCOCC1)c1ccc(F)cc1. The highest BCUT2D eigenvalue weighted by atomic mass is 19.1. The van der Waals surface area contributed by atoms with Gasteiger partial charge in [-0.3, -0.25) is 4.90 Å². The van der Waals surface area contributed by atoms with Crippen LogP contribution in [0.5, 0.6) is 0 Å². The van der Waals surface area contributed by atoms with Gasteiger partial charge >= 0.3 is 0 Å². The Morgan fingerprint density at radius 1 is 1.32 bits per heavy atom. The molecule has 1 heterocycles. The average Bonchev–Trinajstić information content (AvgIpc) is 2.40. The Hall–Kier alpha value is -1.17. The number of likely N-dealkylation sites (N-methyl/N-ethyl adjacent to an activating group) is 1. The molecule has 0 aromatic heterocycles. The molecule has 1 atom stereocenters. The van der Waals surface area contributed by atoms with E-state index in [2.05, 4.69) is 4.90 Å². The second-order valence-electron chi connectivity index (χ2n) is 4.92. The summed E-state index contributed by atoms with van der Waals surface area (Å²) >= 11 is 0. The smallest absolute Gasteiger partial charge is 0.123 e. The van der Waals surface area contributed by atoms with E-state index in [-0.39, 0.29) is 5.82 Å². The summed E-state index contributed by atoms with van der Waals surface area (Å²) in [5.41, 5.74) is 0.905. The summed E-state index contributed by atoms with van der Waals surface area (Å²) in [7, 11) is 1.90. The molecule has 5 heteroatoms. The van der Waals surface area contributed by atoms with Gasteiger partial charge in [0.05, 0.1) is 19.3 Å². The summed E-state index contributed by atoms with van der Waals surface area (Å²) < 4.78 is 18.1. The van der Waals surface area contributed by atoms with E-state index >= 15 is 0 Å². The van der Waals surface area contributed by atoms with Crippen molar-refractivity contribution in [3.05, 3.63) is 30.1 Å². The molecule has 0 radical (unpaired) electrons. The largest absolute Gasteiger partial charge is 0.390 e. The Morgan fingerprint density at radius 3 is 2.58 bits per heavy atom. The van der Waals surface area contributed by atoms with Crippen molar-refractivity contribution in [3.8, 4) is 0 Å². The average molecular weight is 268 g/mol. The second-order valence-corrected chi connectivity index (χ2v) is 4.92. The number of anilines is 1. The minimum atomic E-state index is -0.423. The van der Waals surface area contributed by atoms with Crippen LogP contribution in [0.4, 0.5) is 10.1 Å². The highest BCUT2D eigenvalue weighted by Crippen LogP contribution is 2.13. The molecule has 0 bridgehead atoms. The Bertz CT molecular complexity index is 380. The maximum atomic E-state index is 12.8. The maximum absolute atomic E-state index is 12.8. The van der Waals surface area contributed by atoms with Gasteiger partial charge in [-0.25, -0.2) is 4.39 Å². The van der Waals surface area contributed by atoms with E-state index in [4.69, 9.17) is 4.74 Å². The number of rotatable bonds is 5. The minimum absolute atomic E-state index is 0.244. The van der Waals surface area contributed by atoms with Gasteiger partial charge in [0, 0.05) is 38.9 Å². The molecule has 19 heavy (non-hydrogen) atoms. The van der Waals surface area contributed by atoms with E-state index in [0.29, 0.717) is 13.1 Å². The van der Waals surface area contributed by atoms with Crippen molar-refractivity contribution in [2.45, 2.75) is 6.10 Å². The maximum Gasteiger partial charge on any atom is 0.123 e. The zero-order valence-electron chi connectivity index (χ0n) is 11.3. The number of ether oxygens (including phenoxy) is 1. The Morgan fingerprint density at radius 2 is 1.95 bits per heavy atom. The van der Waals surface area contributed by atoms with Crippen LogP contribution < -0.4 is 4.90 Å². The second kappa shape index (κ2) is 6.84. The molecular weight excluding hydrogens is 247 g/mol. The Kier molecular flexibility index (Phi) is 5.13. The summed E-state index contributed by atoms with van der Waals surface area (Å²) in [5.74, 6) is -0.244. The minimum Gasteiger partial charge on any atom is -0.390 e. The number of aliphatic hydroxyl groups is 1. The van der Waals surface area contributed by atoms with Crippen molar-refractivity contribution < 1.29 is 14.2 Å². The van der Waals surface area contributed by atoms with E-state index in [1.807, 2.05) is 11.9 Å². The van der Waals surface area contributed by atoms with Crippen LogP contribution in [-0.2, 0) is 4.74 Å². The molecule has 2 rings (SSSR count). The Labute approximate surface area is 113 Å². The molecule has 0 amide bonds. The number of hydrogen-bond acceptors (Lipinski definition) is 4. The molecule has 1 saturated heterocycles. The fourth-order valence-corrected chi connectivity index (χ4v) is 2.26. The summed E-state index contributed by atoms with van der Waals surface area (Å²) in [6, 6.07) is 6.30. The summed E-state index contributed by atoms with van der Waals surface area (Å²) in [4.78, 5) is 4.14. The summed E-state index contributed by atoms with van der Waals surface area (Å²) in [6.07, 6.45) is -0.423. The van der Waals surface area contributed by atoms with Gasteiger partial charge in [0.1, 0.15) is 5.82 Å². The van der Waals surface area contributed by atoms with Crippen LogP contribution in [0, 0.1) is 5.82 Å². The van der Waals surface area contributed by atoms with Crippen molar-refractivity contribution in [3.63, 3.8) is 0 Å². The fourth-order valence-electron chi connectivity index (χ4n) is 2.26. The highest BCUT2D eigenvalue weighted by molar-refractivity contribution is 5.45. The lowest BCUT2D eigenvalue weighted by molar-refractivity contribution is 0.0162. The van der Waals surface area contributed by atoms with Gasteiger partial charge in [0.25, 0.3) is 0 Å². The number of halogens is 1.